The maximum absolute atomic E-state index is 12.9. The molecule has 0 amide bonds. The molecule has 1 heterocycles. The van der Waals surface area contributed by atoms with E-state index in [9.17, 15) is 21.6 Å². The van der Waals surface area contributed by atoms with Crippen LogP contribution < -0.4 is 14.4 Å². The van der Waals surface area contributed by atoms with Crippen molar-refractivity contribution >= 4 is 21.4 Å². The largest absolute Gasteiger partial charge is 0.497 e. The molecule has 0 bridgehead atoms. The molecule has 2 aromatic carbocycles. The number of hydrogen-bond acceptors (Lipinski definition) is 4. The maximum Gasteiger partial charge on any atom is 0.416 e. The predicted octanol–water partition coefficient (Wildman–Crippen LogP) is 3.33. The van der Waals surface area contributed by atoms with Crippen molar-refractivity contribution in [3.8, 4) is 5.75 Å². The molecule has 0 aliphatic carbocycles. The van der Waals surface area contributed by atoms with Crippen molar-refractivity contribution in [1.29, 1.82) is 0 Å². The zero-order valence-electron chi connectivity index (χ0n) is 13.2. The summed E-state index contributed by atoms with van der Waals surface area (Å²) in [6.07, 6.45) is -4.51. The summed E-state index contributed by atoms with van der Waals surface area (Å²) in [4.78, 5) is -0.191. The zero-order valence-corrected chi connectivity index (χ0v) is 14.0. The van der Waals surface area contributed by atoms with E-state index >= 15 is 0 Å². The molecule has 0 fully saturated rings. The molecule has 1 N–H and O–H groups in total. The minimum absolute atomic E-state index is 0.169. The van der Waals surface area contributed by atoms with Crippen molar-refractivity contribution < 1.29 is 26.3 Å². The average Bonchev–Trinajstić information content (AvgIpc) is 2.60. The van der Waals surface area contributed by atoms with Crippen molar-refractivity contribution in [2.45, 2.75) is 11.1 Å². The van der Waals surface area contributed by atoms with Gasteiger partial charge in [0.25, 0.3) is 10.0 Å². The first-order valence-corrected chi connectivity index (χ1v) is 8.79. The second kappa shape index (κ2) is 6.14. The lowest BCUT2D eigenvalue weighted by atomic mass is 10.2. The van der Waals surface area contributed by atoms with Gasteiger partial charge in [-0.05, 0) is 36.4 Å². The number of rotatable bonds is 3. The molecular formula is C16H15F3N2O3S. The summed E-state index contributed by atoms with van der Waals surface area (Å²) in [5.41, 5.74) is 0.116. The van der Waals surface area contributed by atoms with Gasteiger partial charge in [-0.25, -0.2) is 8.42 Å². The van der Waals surface area contributed by atoms with Gasteiger partial charge in [-0.15, -0.1) is 0 Å². The van der Waals surface area contributed by atoms with Crippen molar-refractivity contribution in [1.82, 2.24) is 0 Å². The normalized spacial score (nSPS) is 14.6. The number of anilines is 2. The van der Waals surface area contributed by atoms with Crippen molar-refractivity contribution in [3.05, 3.63) is 48.0 Å². The first kappa shape index (κ1) is 17.4. The second-order valence-electron chi connectivity index (χ2n) is 5.41. The number of sulfonamides is 1. The summed E-state index contributed by atoms with van der Waals surface area (Å²) in [5.74, 6) is 0.569. The van der Waals surface area contributed by atoms with E-state index in [0.717, 1.165) is 24.3 Å². The fourth-order valence-corrected chi connectivity index (χ4v) is 4.09. The number of ether oxygens (including phenoxy) is 1. The minimum atomic E-state index is -4.51. The van der Waals surface area contributed by atoms with Crippen LogP contribution in [-0.4, -0.2) is 28.6 Å². The number of alkyl halides is 3. The molecule has 5 nitrogen and oxygen atoms in total. The third-order valence-electron chi connectivity index (χ3n) is 3.87. The van der Waals surface area contributed by atoms with Gasteiger partial charge < -0.3 is 10.1 Å². The fraction of sp³-hybridized carbons (Fsp3) is 0.250. The Kier molecular flexibility index (Phi) is 4.28. The first-order chi connectivity index (χ1) is 11.7. The summed E-state index contributed by atoms with van der Waals surface area (Å²) in [5, 5.41) is 3.09. The highest BCUT2D eigenvalue weighted by molar-refractivity contribution is 7.92. The van der Waals surface area contributed by atoms with E-state index in [-0.39, 0.29) is 11.4 Å². The number of fused-ring (bicyclic) bond motifs is 1. The lowest BCUT2D eigenvalue weighted by Gasteiger charge is -2.31. The highest BCUT2D eigenvalue weighted by Gasteiger charge is 2.33. The Bertz CT molecular complexity index is 880. The molecule has 2 aromatic rings. The number of halogens is 3. The minimum Gasteiger partial charge on any atom is -0.497 e. The molecule has 0 radical (unpaired) electrons. The third-order valence-corrected chi connectivity index (χ3v) is 5.70. The molecule has 0 saturated carbocycles. The fourth-order valence-electron chi connectivity index (χ4n) is 2.61. The van der Waals surface area contributed by atoms with Gasteiger partial charge in [0, 0.05) is 12.6 Å². The molecule has 0 saturated heterocycles. The van der Waals surface area contributed by atoms with Crippen LogP contribution in [0.15, 0.2) is 47.4 Å². The van der Waals surface area contributed by atoms with Crippen LogP contribution in [0.2, 0.25) is 0 Å². The molecule has 3 rings (SSSR count). The predicted molar refractivity (Wildman–Crippen MR) is 87.5 cm³/mol. The van der Waals surface area contributed by atoms with Crippen LogP contribution in [-0.2, 0) is 16.2 Å². The van der Waals surface area contributed by atoms with E-state index in [4.69, 9.17) is 4.74 Å². The lowest BCUT2D eigenvalue weighted by Crippen LogP contribution is -2.38. The van der Waals surface area contributed by atoms with Gasteiger partial charge in [0.2, 0.25) is 0 Å². The molecule has 25 heavy (non-hydrogen) atoms. The highest BCUT2D eigenvalue weighted by atomic mass is 32.2. The Labute approximate surface area is 143 Å². The van der Waals surface area contributed by atoms with Crippen LogP contribution in [0.3, 0.4) is 0 Å². The molecule has 1 aliphatic heterocycles. The van der Waals surface area contributed by atoms with Gasteiger partial charge in [-0.2, -0.15) is 13.2 Å². The number of benzene rings is 2. The van der Waals surface area contributed by atoms with Gasteiger partial charge >= 0.3 is 6.18 Å². The summed E-state index contributed by atoms with van der Waals surface area (Å²) >= 11 is 0. The average molecular weight is 372 g/mol. The van der Waals surface area contributed by atoms with Crippen LogP contribution in [0.4, 0.5) is 24.5 Å². The Hall–Kier alpha value is -2.42. The number of methoxy groups -OCH3 is 1. The molecule has 0 spiro atoms. The maximum atomic E-state index is 12.9. The van der Waals surface area contributed by atoms with Gasteiger partial charge in [-0.1, -0.05) is 0 Å². The highest BCUT2D eigenvalue weighted by Crippen LogP contribution is 2.36. The zero-order chi connectivity index (χ0) is 18.2. The van der Waals surface area contributed by atoms with Gasteiger partial charge in [0.1, 0.15) is 5.75 Å². The van der Waals surface area contributed by atoms with Crippen molar-refractivity contribution in [2.24, 2.45) is 0 Å². The smallest absolute Gasteiger partial charge is 0.416 e. The topological polar surface area (TPSA) is 58.6 Å². The Balaban J connectivity index is 1.99. The number of nitrogens with one attached hydrogen (secondary N) is 1. The molecular weight excluding hydrogens is 357 g/mol. The van der Waals surface area contributed by atoms with Crippen molar-refractivity contribution in [2.75, 3.05) is 29.8 Å². The summed E-state index contributed by atoms with van der Waals surface area (Å²) in [6, 6.07) is 8.38. The summed E-state index contributed by atoms with van der Waals surface area (Å²) < 4.78 is 70.0. The molecule has 1 aliphatic rings. The number of nitrogens with zero attached hydrogens (tertiary/aromatic N) is 1. The standard InChI is InChI=1S/C16H15F3N2O3S/c1-24-12-4-7-15-14(10-12)20-8-9-21(15)25(22,23)13-5-2-11(3-6-13)16(17,18)19/h2-7,10,20H,8-9H2,1H3. The third kappa shape index (κ3) is 3.23. The first-order valence-electron chi connectivity index (χ1n) is 7.35. The SMILES string of the molecule is COc1ccc2c(c1)NCCN2S(=O)(=O)c1ccc(C(F)(F)F)cc1. The van der Waals surface area contributed by atoms with Crippen LogP contribution in [0.25, 0.3) is 0 Å². The lowest BCUT2D eigenvalue weighted by molar-refractivity contribution is -0.137. The monoisotopic (exact) mass is 372 g/mol. The number of hydrogen-bond donors (Lipinski definition) is 1. The molecule has 0 unspecified atom stereocenters. The van der Waals surface area contributed by atoms with Gasteiger partial charge in [0.05, 0.1) is 35.5 Å². The van der Waals surface area contributed by atoms with Crippen LogP contribution in [0.5, 0.6) is 5.75 Å². The van der Waals surface area contributed by atoms with Crippen LogP contribution in [0, 0.1) is 0 Å². The molecule has 0 atom stereocenters. The van der Waals surface area contributed by atoms with E-state index in [2.05, 4.69) is 5.32 Å². The van der Waals surface area contributed by atoms with Crippen molar-refractivity contribution in [3.63, 3.8) is 0 Å². The van der Waals surface area contributed by atoms with E-state index in [1.54, 1.807) is 18.2 Å². The quantitative estimate of drug-likeness (QED) is 0.898. The van der Waals surface area contributed by atoms with E-state index < -0.39 is 21.8 Å². The van der Waals surface area contributed by atoms with Crippen LogP contribution in [0.1, 0.15) is 5.56 Å². The van der Waals surface area contributed by atoms with E-state index in [0.29, 0.717) is 23.7 Å². The Morgan fingerprint density at radius 2 is 1.80 bits per heavy atom. The Morgan fingerprint density at radius 1 is 1.12 bits per heavy atom. The van der Waals surface area contributed by atoms with Gasteiger partial charge in [-0.3, -0.25) is 4.31 Å². The van der Waals surface area contributed by atoms with Crippen LogP contribution >= 0.6 is 0 Å². The molecule has 134 valence electrons. The molecule has 0 aromatic heterocycles. The van der Waals surface area contributed by atoms with E-state index in [1.165, 1.54) is 11.4 Å². The Morgan fingerprint density at radius 3 is 2.40 bits per heavy atom. The summed E-state index contributed by atoms with van der Waals surface area (Å²) in [7, 11) is -2.47. The van der Waals surface area contributed by atoms with E-state index in [1.807, 2.05) is 0 Å². The van der Waals surface area contributed by atoms with Gasteiger partial charge in [0.15, 0.2) is 0 Å². The molecule has 9 heteroatoms. The summed E-state index contributed by atoms with van der Waals surface area (Å²) in [6.45, 7) is 0.544. The second-order valence-corrected chi connectivity index (χ2v) is 7.27.